The molecule has 21 heavy (non-hydrogen) atoms. The van der Waals surface area contributed by atoms with Gasteiger partial charge >= 0.3 is 0 Å². The zero-order chi connectivity index (χ0) is 15.7. The van der Waals surface area contributed by atoms with Crippen LogP contribution in [0, 0.1) is 5.51 Å². The molecular formula is C15H24N3OSSi. The minimum atomic E-state index is -1.67. The standard InChI is InChI=1S/C15H24N3OSSi/c1-15(2,3)21(5,6)19-10-9-18(4)13-8-7-12-14(17-13)20-11-16-12/h7-8H,9-10H2,1-6H3. The molecule has 0 aliphatic heterocycles. The van der Waals surface area contributed by atoms with Gasteiger partial charge in [-0.25, -0.2) is 9.97 Å². The zero-order valence-corrected chi connectivity index (χ0v) is 15.5. The normalized spacial score (nSPS) is 12.9. The molecule has 0 bridgehead atoms. The summed E-state index contributed by atoms with van der Waals surface area (Å²) < 4.78 is 6.21. The van der Waals surface area contributed by atoms with E-state index in [-0.39, 0.29) is 5.04 Å². The summed E-state index contributed by atoms with van der Waals surface area (Å²) >= 11 is 1.45. The smallest absolute Gasteiger partial charge is 0.192 e. The van der Waals surface area contributed by atoms with E-state index in [0.29, 0.717) is 0 Å². The predicted octanol–water partition coefficient (Wildman–Crippen LogP) is 3.95. The number of thiazole rings is 1. The molecule has 2 aromatic rings. The van der Waals surface area contributed by atoms with E-state index in [1.807, 2.05) is 19.2 Å². The molecule has 2 heterocycles. The van der Waals surface area contributed by atoms with Crippen molar-refractivity contribution in [3.05, 3.63) is 17.6 Å². The van der Waals surface area contributed by atoms with E-state index < -0.39 is 8.32 Å². The lowest BCUT2D eigenvalue weighted by molar-refractivity contribution is 0.295. The van der Waals surface area contributed by atoms with E-state index in [0.717, 1.165) is 29.3 Å². The number of likely N-dealkylation sites (N-methyl/N-ethyl adjacent to an activating group) is 1. The van der Waals surface area contributed by atoms with Gasteiger partial charge in [-0.3, -0.25) is 0 Å². The second-order valence-corrected chi connectivity index (χ2v) is 12.4. The van der Waals surface area contributed by atoms with Crippen LogP contribution in [-0.2, 0) is 4.43 Å². The Labute approximate surface area is 132 Å². The van der Waals surface area contributed by atoms with Gasteiger partial charge in [-0.15, -0.1) is 0 Å². The highest BCUT2D eigenvalue weighted by Crippen LogP contribution is 2.36. The Morgan fingerprint density at radius 1 is 1.33 bits per heavy atom. The van der Waals surface area contributed by atoms with Crippen LogP contribution in [0.25, 0.3) is 10.3 Å². The summed E-state index contributed by atoms with van der Waals surface area (Å²) in [7, 11) is 0.384. The van der Waals surface area contributed by atoms with Gasteiger partial charge in [0.2, 0.25) is 0 Å². The molecular weight excluding hydrogens is 298 g/mol. The maximum atomic E-state index is 6.21. The Morgan fingerprint density at radius 3 is 2.71 bits per heavy atom. The molecule has 115 valence electrons. The van der Waals surface area contributed by atoms with E-state index >= 15 is 0 Å². The lowest BCUT2D eigenvalue weighted by atomic mass is 10.2. The number of hydrogen-bond donors (Lipinski definition) is 0. The SMILES string of the molecule is CN(CCO[Si](C)(C)C(C)(C)C)c1ccc2n[c]sc2n1. The molecule has 0 saturated heterocycles. The number of rotatable bonds is 5. The highest BCUT2D eigenvalue weighted by atomic mass is 32.1. The van der Waals surface area contributed by atoms with Crippen molar-refractivity contribution in [3.8, 4) is 0 Å². The van der Waals surface area contributed by atoms with Crippen LogP contribution in [-0.4, -0.2) is 38.5 Å². The first-order chi connectivity index (χ1) is 9.71. The van der Waals surface area contributed by atoms with Crippen molar-refractivity contribution in [2.45, 2.75) is 38.9 Å². The summed E-state index contributed by atoms with van der Waals surface area (Å²) in [6.07, 6.45) is 0. The number of pyridine rings is 1. The highest BCUT2D eigenvalue weighted by molar-refractivity contribution is 7.15. The molecule has 0 N–H and O–H groups in total. The van der Waals surface area contributed by atoms with Crippen molar-refractivity contribution >= 4 is 35.8 Å². The van der Waals surface area contributed by atoms with Crippen LogP contribution in [0.5, 0.6) is 0 Å². The Balaban J connectivity index is 1.94. The van der Waals surface area contributed by atoms with Crippen molar-refractivity contribution < 1.29 is 4.43 Å². The van der Waals surface area contributed by atoms with Crippen LogP contribution < -0.4 is 4.90 Å². The lowest BCUT2D eigenvalue weighted by Gasteiger charge is -2.36. The molecule has 0 aliphatic carbocycles. The maximum absolute atomic E-state index is 6.21. The average Bonchev–Trinajstić information content (AvgIpc) is 2.84. The number of nitrogens with zero attached hydrogens (tertiary/aromatic N) is 3. The van der Waals surface area contributed by atoms with Gasteiger partial charge in [0.15, 0.2) is 13.8 Å². The van der Waals surface area contributed by atoms with Gasteiger partial charge < -0.3 is 9.33 Å². The number of fused-ring (bicyclic) bond motifs is 1. The molecule has 0 unspecified atom stereocenters. The quantitative estimate of drug-likeness (QED) is 0.781. The number of hydrogen-bond acceptors (Lipinski definition) is 5. The lowest BCUT2D eigenvalue weighted by Crippen LogP contribution is -2.42. The van der Waals surface area contributed by atoms with E-state index in [1.54, 1.807) is 0 Å². The second-order valence-electron chi connectivity index (χ2n) is 6.83. The van der Waals surface area contributed by atoms with Gasteiger partial charge in [0.25, 0.3) is 0 Å². The van der Waals surface area contributed by atoms with Crippen molar-refractivity contribution in [1.82, 2.24) is 9.97 Å². The Bertz CT molecular complexity index is 606. The van der Waals surface area contributed by atoms with Gasteiger partial charge in [-0.2, -0.15) is 0 Å². The molecule has 1 radical (unpaired) electrons. The van der Waals surface area contributed by atoms with Gasteiger partial charge in [0.05, 0.1) is 6.61 Å². The fraction of sp³-hybridized carbons (Fsp3) is 0.600. The summed E-state index contributed by atoms with van der Waals surface area (Å²) in [6.45, 7) is 12.9. The Morgan fingerprint density at radius 2 is 2.05 bits per heavy atom. The minimum Gasteiger partial charge on any atom is -0.415 e. The Hall–Kier alpha value is -0.983. The maximum Gasteiger partial charge on any atom is 0.192 e. The van der Waals surface area contributed by atoms with E-state index in [2.05, 4.69) is 54.2 Å². The third-order valence-corrected chi connectivity index (χ3v) is 9.44. The first-order valence-electron chi connectivity index (χ1n) is 7.19. The fourth-order valence-corrected chi connectivity index (χ4v) is 3.30. The largest absolute Gasteiger partial charge is 0.415 e. The molecule has 0 aliphatic rings. The summed E-state index contributed by atoms with van der Waals surface area (Å²) in [4.78, 5) is 11.8. The first kappa shape index (κ1) is 16.4. The molecule has 2 aromatic heterocycles. The Kier molecular flexibility index (Phi) is 4.70. The van der Waals surface area contributed by atoms with Gasteiger partial charge in [-0.1, -0.05) is 32.1 Å². The minimum absolute atomic E-state index is 0.251. The van der Waals surface area contributed by atoms with E-state index in [4.69, 9.17) is 4.43 Å². The molecule has 0 fully saturated rings. The molecule has 0 spiro atoms. The van der Waals surface area contributed by atoms with Gasteiger partial charge in [0.1, 0.15) is 16.2 Å². The van der Waals surface area contributed by atoms with Crippen LogP contribution in [0.2, 0.25) is 18.1 Å². The second kappa shape index (κ2) is 6.02. The van der Waals surface area contributed by atoms with Crippen LogP contribution in [0.1, 0.15) is 20.8 Å². The van der Waals surface area contributed by atoms with Crippen molar-refractivity contribution in [2.75, 3.05) is 25.1 Å². The van der Waals surface area contributed by atoms with E-state index in [1.165, 1.54) is 11.3 Å². The summed E-state index contributed by atoms with van der Waals surface area (Å²) in [5.41, 5.74) is 3.79. The molecule has 0 amide bonds. The third-order valence-electron chi connectivity index (χ3n) is 4.22. The molecule has 6 heteroatoms. The number of anilines is 1. The topological polar surface area (TPSA) is 38.2 Å². The molecule has 0 atom stereocenters. The zero-order valence-electron chi connectivity index (χ0n) is 13.7. The molecule has 4 nitrogen and oxygen atoms in total. The molecule has 0 aromatic carbocycles. The van der Waals surface area contributed by atoms with Gasteiger partial charge in [-0.05, 0) is 30.3 Å². The van der Waals surface area contributed by atoms with Crippen molar-refractivity contribution in [3.63, 3.8) is 0 Å². The third kappa shape index (κ3) is 3.81. The van der Waals surface area contributed by atoms with E-state index in [9.17, 15) is 0 Å². The summed E-state index contributed by atoms with van der Waals surface area (Å²) in [6, 6.07) is 4.00. The predicted molar refractivity (Wildman–Crippen MR) is 92.7 cm³/mol. The van der Waals surface area contributed by atoms with Crippen LogP contribution in [0.4, 0.5) is 5.82 Å². The number of aromatic nitrogens is 2. The van der Waals surface area contributed by atoms with Crippen LogP contribution >= 0.6 is 11.3 Å². The highest BCUT2D eigenvalue weighted by Gasteiger charge is 2.36. The van der Waals surface area contributed by atoms with Crippen LogP contribution in [0.3, 0.4) is 0 Å². The first-order valence-corrected chi connectivity index (χ1v) is 10.9. The fourth-order valence-electron chi connectivity index (χ4n) is 1.68. The average molecular weight is 323 g/mol. The summed E-state index contributed by atoms with van der Waals surface area (Å²) in [5.74, 6) is 0.957. The van der Waals surface area contributed by atoms with Crippen molar-refractivity contribution in [1.29, 1.82) is 0 Å². The van der Waals surface area contributed by atoms with Crippen LogP contribution in [0.15, 0.2) is 12.1 Å². The van der Waals surface area contributed by atoms with Gasteiger partial charge in [0, 0.05) is 13.6 Å². The monoisotopic (exact) mass is 322 g/mol. The van der Waals surface area contributed by atoms with Crippen molar-refractivity contribution in [2.24, 2.45) is 0 Å². The summed E-state index contributed by atoms with van der Waals surface area (Å²) in [5, 5.41) is 0.251. The molecule has 0 saturated carbocycles. The molecule has 2 rings (SSSR count).